The quantitative estimate of drug-likeness (QED) is 0.612. The first-order chi connectivity index (χ1) is 9.83. The molecule has 0 unspecified atom stereocenters. The van der Waals surface area contributed by atoms with E-state index in [4.69, 9.17) is 4.74 Å². The standard InChI is InChI=1S/C14H24N4OS/c1-3-15-13-12(11-16-14(17-13)20-2)5-4-6-18-7-9-19-10-8-18/h11H,3-10H2,1-2H3,(H,15,16,17). The Labute approximate surface area is 125 Å². The second-order valence-corrected chi connectivity index (χ2v) is 5.59. The van der Waals surface area contributed by atoms with Gasteiger partial charge in [0.1, 0.15) is 5.82 Å². The fraction of sp³-hybridized carbons (Fsp3) is 0.714. The summed E-state index contributed by atoms with van der Waals surface area (Å²) in [6.45, 7) is 7.96. The zero-order chi connectivity index (χ0) is 14.2. The molecule has 0 aromatic carbocycles. The number of rotatable bonds is 7. The van der Waals surface area contributed by atoms with Crippen molar-refractivity contribution < 1.29 is 4.74 Å². The molecule has 0 bridgehead atoms. The SMILES string of the molecule is CCNc1nc(SC)ncc1CCCN1CCOCC1. The van der Waals surface area contributed by atoms with Crippen LogP contribution in [0.1, 0.15) is 18.9 Å². The lowest BCUT2D eigenvalue weighted by Crippen LogP contribution is -2.36. The fourth-order valence-electron chi connectivity index (χ4n) is 2.31. The largest absolute Gasteiger partial charge is 0.379 e. The van der Waals surface area contributed by atoms with Crippen molar-refractivity contribution in [3.05, 3.63) is 11.8 Å². The van der Waals surface area contributed by atoms with Crippen molar-refractivity contribution in [1.29, 1.82) is 0 Å². The predicted molar refractivity (Wildman–Crippen MR) is 83.6 cm³/mol. The number of ether oxygens (including phenoxy) is 1. The van der Waals surface area contributed by atoms with Crippen LogP contribution in [-0.4, -0.2) is 60.5 Å². The smallest absolute Gasteiger partial charge is 0.189 e. The second-order valence-electron chi connectivity index (χ2n) is 4.82. The van der Waals surface area contributed by atoms with Crippen LogP contribution in [-0.2, 0) is 11.2 Å². The Morgan fingerprint density at radius 1 is 1.40 bits per heavy atom. The highest BCUT2D eigenvalue weighted by Crippen LogP contribution is 2.18. The molecule has 0 spiro atoms. The average Bonchev–Trinajstić information content (AvgIpc) is 2.50. The number of aryl methyl sites for hydroxylation is 1. The normalized spacial score (nSPS) is 16.3. The third-order valence-corrected chi connectivity index (χ3v) is 3.96. The van der Waals surface area contributed by atoms with Gasteiger partial charge in [-0.05, 0) is 32.6 Å². The van der Waals surface area contributed by atoms with E-state index in [2.05, 4.69) is 27.1 Å². The number of hydrogen-bond donors (Lipinski definition) is 1. The van der Waals surface area contributed by atoms with Crippen molar-refractivity contribution in [3.8, 4) is 0 Å². The number of aromatic nitrogens is 2. The molecule has 2 rings (SSSR count). The first kappa shape index (κ1) is 15.5. The Kier molecular flexibility index (Phi) is 6.56. The summed E-state index contributed by atoms with van der Waals surface area (Å²) < 4.78 is 5.37. The van der Waals surface area contributed by atoms with Crippen molar-refractivity contribution in [2.24, 2.45) is 0 Å². The van der Waals surface area contributed by atoms with Gasteiger partial charge < -0.3 is 10.1 Å². The molecule has 0 saturated carbocycles. The Bertz CT molecular complexity index is 410. The molecule has 2 heterocycles. The Morgan fingerprint density at radius 3 is 2.90 bits per heavy atom. The van der Waals surface area contributed by atoms with E-state index in [1.807, 2.05) is 12.5 Å². The molecule has 1 fully saturated rings. The number of morpholine rings is 1. The summed E-state index contributed by atoms with van der Waals surface area (Å²) in [4.78, 5) is 11.4. The number of hydrogen-bond acceptors (Lipinski definition) is 6. The Balaban J connectivity index is 1.87. The number of thioether (sulfide) groups is 1. The highest BCUT2D eigenvalue weighted by atomic mass is 32.2. The van der Waals surface area contributed by atoms with Gasteiger partial charge >= 0.3 is 0 Å². The molecule has 112 valence electrons. The van der Waals surface area contributed by atoms with E-state index in [1.165, 1.54) is 5.56 Å². The molecule has 1 N–H and O–H groups in total. The van der Waals surface area contributed by atoms with Crippen LogP contribution in [0.25, 0.3) is 0 Å². The average molecular weight is 296 g/mol. The third kappa shape index (κ3) is 4.61. The number of nitrogens with zero attached hydrogens (tertiary/aromatic N) is 3. The minimum Gasteiger partial charge on any atom is -0.379 e. The molecule has 0 aliphatic carbocycles. The van der Waals surface area contributed by atoms with Gasteiger partial charge in [-0.15, -0.1) is 0 Å². The van der Waals surface area contributed by atoms with E-state index in [0.717, 1.165) is 63.2 Å². The van der Waals surface area contributed by atoms with Crippen LogP contribution >= 0.6 is 11.8 Å². The number of anilines is 1. The summed E-state index contributed by atoms with van der Waals surface area (Å²) >= 11 is 1.58. The van der Waals surface area contributed by atoms with Crippen LogP contribution in [0.3, 0.4) is 0 Å². The Morgan fingerprint density at radius 2 is 2.20 bits per heavy atom. The van der Waals surface area contributed by atoms with Crippen molar-refractivity contribution in [2.45, 2.75) is 24.9 Å². The first-order valence-corrected chi connectivity index (χ1v) is 8.50. The second kappa shape index (κ2) is 8.44. The molecule has 20 heavy (non-hydrogen) atoms. The summed E-state index contributed by atoms with van der Waals surface area (Å²) in [6.07, 6.45) is 6.13. The van der Waals surface area contributed by atoms with Crippen molar-refractivity contribution in [3.63, 3.8) is 0 Å². The summed E-state index contributed by atoms with van der Waals surface area (Å²) in [7, 11) is 0. The lowest BCUT2D eigenvalue weighted by atomic mass is 10.1. The monoisotopic (exact) mass is 296 g/mol. The van der Waals surface area contributed by atoms with Crippen molar-refractivity contribution in [2.75, 3.05) is 51.0 Å². The van der Waals surface area contributed by atoms with Gasteiger partial charge in [-0.2, -0.15) is 0 Å². The molecule has 1 saturated heterocycles. The van der Waals surface area contributed by atoms with Gasteiger partial charge in [0.2, 0.25) is 0 Å². The van der Waals surface area contributed by atoms with Gasteiger partial charge in [0.25, 0.3) is 0 Å². The van der Waals surface area contributed by atoms with E-state index in [9.17, 15) is 0 Å². The van der Waals surface area contributed by atoms with Crippen LogP contribution in [0, 0.1) is 0 Å². The van der Waals surface area contributed by atoms with E-state index < -0.39 is 0 Å². The first-order valence-electron chi connectivity index (χ1n) is 7.27. The van der Waals surface area contributed by atoms with Gasteiger partial charge in [0.05, 0.1) is 13.2 Å². The van der Waals surface area contributed by atoms with Crippen LogP contribution in [0.5, 0.6) is 0 Å². The lowest BCUT2D eigenvalue weighted by molar-refractivity contribution is 0.0374. The molecule has 1 aliphatic heterocycles. The van der Waals surface area contributed by atoms with Crippen LogP contribution in [0.4, 0.5) is 5.82 Å². The van der Waals surface area contributed by atoms with E-state index in [-0.39, 0.29) is 0 Å². The van der Waals surface area contributed by atoms with Gasteiger partial charge in [-0.3, -0.25) is 4.90 Å². The van der Waals surface area contributed by atoms with Gasteiger partial charge in [0, 0.05) is 31.4 Å². The maximum absolute atomic E-state index is 5.37. The molecule has 1 aromatic heterocycles. The van der Waals surface area contributed by atoms with Crippen molar-refractivity contribution in [1.82, 2.24) is 14.9 Å². The fourth-order valence-corrected chi connectivity index (χ4v) is 2.65. The van der Waals surface area contributed by atoms with Crippen LogP contribution in [0.15, 0.2) is 11.4 Å². The minimum atomic E-state index is 0.831. The van der Waals surface area contributed by atoms with Gasteiger partial charge in [-0.25, -0.2) is 9.97 Å². The van der Waals surface area contributed by atoms with E-state index in [1.54, 1.807) is 11.8 Å². The molecule has 6 heteroatoms. The third-order valence-electron chi connectivity index (χ3n) is 3.39. The molecule has 5 nitrogen and oxygen atoms in total. The van der Waals surface area contributed by atoms with Crippen LogP contribution < -0.4 is 5.32 Å². The van der Waals surface area contributed by atoms with E-state index >= 15 is 0 Å². The highest BCUT2D eigenvalue weighted by molar-refractivity contribution is 7.98. The lowest BCUT2D eigenvalue weighted by Gasteiger charge is -2.26. The zero-order valence-electron chi connectivity index (χ0n) is 12.4. The minimum absolute atomic E-state index is 0.831. The molecule has 0 amide bonds. The van der Waals surface area contributed by atoms with Crippen molar-refractivity contribution >= 4 is 17.6 Å². The summed E-state index contributed by atoms with van der Waals surface area (Å²) in [5.74, 6) is 0.994. The predicted octanol–water partition coefficient (Wildman–Crippen LogP) is 1.90. The van der Waals surface area contributed by atoms with Gasteiger partial charge in [-0.1, -0.05) is 11.8 Å². The van der Waals surface area contributed by atoms with Crippen LogP contribution in [0.2, 0.25) is 0 Å². The molecular weight excluding hydrogens is 272 g/mol. The van der Waals surface area contributed by atoms with E-state index in [0.29, 0.717) is 0 Å². The molecular formula is C14H24N4OS. The summed E-state index contributed by atoms with van der Waals surface area (Å²) in [5, 5.41) is 4.17. The summed E-state index contributed by atoms with van der Waals surface area (Å²) in [5.41, 5.74) is 1.22. The molecule has 1 aromatic rings. The zero-order valence-corrected chi connectivity index (χ0v) is 13.2. The molecule has 1 aliphatic rings. The topological polar surface area (TPSA) is 50.3 Å². The Hall–Kier alpha value is -0.850. The summed E-state index contributed by atoms with van der Waals surface area (Å²) in [6, 6.07) is 0. The number of nitrogens with one attached hydrogen (secondary N) is 1. The molecule has 0 atom stereocenters. The molecule has 0 radical (unpaired) electrons. The maximum atomic E-state index is 5.37. The van der Waals surface area contributed by atoms with Gasteiger partial charge in [0.15, 0.2) is 5.16 Å². The maximum Gasteiger partial charge on any atom is 0.189 e. The highest BCUT2D eigenvalue weighted by Gasteiger charge is 2.11.